The van der Waals surface area contributed by atoms with E-state index in [4.69, 9.17) is 0 Å². The molecule has 0 atom stereocenters. The lowest BCUT2D eigenvalue weighted by molar-refractivity contribution is 0.339. The van der Waals surface area contributed by atoms with E-state index < -0.39 is 34.9 Å². The molecule has 0 radical (unpaired) electrons. The molecule has 326 valence electrons. The minimum absolute atomic E-state index is 0. The summed E-state index contributed by atoms with van der Waals surface area (Å²) in [7, 11) is 0. The monoisotopic (exact) mass is 827 g/mol. The zero-order valence-corrected chi connectivity index (χ0v) is 35.3. The van der Waals surface area contributed by atoms with E-state index in [-0.39, 0.29) is 51.9 Å². The molecule has 7 heteroatoms. The smallest absolute Gasteiger partial charge is 0.167 e. The van der Waals surface area contributed by atoms with Crippen molar-refractivity contribution in [3.8, 4) is 22.3 Å². The van der Waals surface area contributed by atoms with Crippen LogP contribution in [0, 0.1) is 64.4 Å². The Kier molecular flexibility index (Phi) is 14.0. The van der Waals surface area contributed by atoms with E-state index in [0.717, 1.165) is 108 Å². The van der Waals surface area contributed by atoms with Crippen molar-refractivity contribution < 1.29 is 36.4 Å². The second kappa shape index (κ2) is 19.0. The molecule has 4 saturated carbocycles. The second-order valence-electron chi connectivity index (χ2n) is 19.1. The zero-order valence-electron chi connectivity index (χ0n) is 35.3. The van der Waals surface area contributed by atoms with Crippen LogP contribution in [0.15, 0.2) is 54.6 Å². The molecule has 0 heterocycles. The zero-order chi connectivity index (χ0) is 42.0. The maximum atomic E-state index is 14.9. The molecule has 8 rings (SSSR count). The van der Waals surface area contributed by atoms with Gasteiger partial charge in [0.05, 0.1) is 0 Å². The van der Waals surface area contributed by atoms with Gasteiger partial charge in [0.25, 0.3) is 0 Å². The van der Waals surface area contributed by atoms with Crippen LogP contribution in [0.1, 0.15) is 182 Å². The number of benzene rings is 4. The first-order chi connectivity index (χ1) is 28.3. The topological polar surface area (TPSA) is 0 Å². The molecule has 0 aromatic heterocycles. The summed E-state index contributed by atoms with van der Waals surface area (Å²) >= 11 is 0. The van der Waals surface area contributed by atoms with Gasteiger partial charge in [-0.2, -0.15) is 0 Å². The molecule has 0 unspecified atom stereocenters. The Morgan fingerprint density at radius 3 is 0.915 bits per heavy atom. The summed E-state index contributed by atoms with van der Waals surface area (Å²) < 4.78 is 104. The highest BCUT2D eigenvalue weighted by atomic mass is 19.2. The minimum Gasteiger partial charge on any atom is -0.207 e. The van der Waals surface area contributed by atoms with Crippen LogP contribution in [0.3, 0.4) is 0 Å². The summed E-state index contributed by atoms with van der Waals surface area (Å²) in [4.78, 5) is 0. The first kappa shape index (κ1) is 43.5. The highest BCUT2D eigenvalue weighted by Gasteiger charge is 2.30. The Bertz CT molecular complexity index is 2000. The first-order valence-corrected chi connectivity index (χ1v) is 22.5. The van der Waals surface area contributed by atoms with Crippen LogP contribution in [0.2, 0.25) is 0 Å². The van der Waals surface area contributed by atoms with Crippen molar-refractivity contribution in [3.63, 3.8) is 0 Å². The molecule has 0 saturated heterocycles. The molecule has 0 aliphatic heterocycles. The maximum Gasteiger partial charge on any atom is 0.167 e. The van der Waals surface area contributed by atoms with Gasteiger partial charge in [0.15, 0.2) is 34.9 Å². The van der Waals surface area contributed by atoms with Crippen molar-refractivity contribution in [3.05, 3.63) is 118 Å². The summed E-state index contributed by atoms with van der Waals surface area (Å²) in [5.74, 6) is -3.02. The number of rotatable bonds is 6. The molecule has 4 aromatic carbocycles. The predicted molar refractivity (Wildman–Crippen MR) is 233 cm³/mol. The van der Waals surface area contributed by atoms with Crippen LogP contribution in [0.25, 0.3) is 22.3 Å². The van der Waals surface area contributed by atoms with Gasteiger partial charge in [0.1, 0.15) is 5.82 Å². The molecule has 0 spiro atoms. The van der Waals surface area contributed by atoms with E-state index in [9.17, 15) is 30.7 Å². The lowest BCUT2D eigenvalue weighted by atomic mass is 9.78. The summed E-state index contributed by atoms with van der Waals surface area (Å²) in [5.41, 5.74) is 2.06. The molecule has 4 aliphatic rings. The van der Waals surface area contributed by atoms with Crippen LogP contribution in [-0.2, 0) is 0 Å². The number of halogens is 7. The van der Waals surface area contributed by atoms with Crippen molar-refractivity contribution in [1.29, 1.82) is 0 Å². The summed E-state index contributed by atoms with van der Waals surface area (Å²) in [5, 5.41) is 0. The van der Waals surface area contributed by atoms with Gasteiger partial charge in [-0.05, 0) is 133 Å². The average Bonchev–Trinajstić information content (AvgIpc) is 3.23. The standard InChI is InChI=1S/C26H30F4.C26H31F3.4H2/c1-15-3-7-17(8-4-15)19-11-13-21(25(29)23(19)27)22-14-12-20(24(28)26(22)30)18-9-5-16(2)6-10-18;1-16-3-7-18(8-4-16)21-12-11-20(15-24(21)27)23-14-13-22(25(28)26(23)29)19-9-5-17(2)6-10-19;;;;/h11-18H,3-10H2,1-2H3;11-19H,3-10H2,1-2H3;4*1H. The highest BCUT2D eigenvalue weighted by molar-refractivity contribution is 5.67. The fraction of sp³-hybridized carbons (Fsp3) is 0.538. The fourth-order valence-corrected chi connectivity index (χ4v) is 10.6. The molecule has 4 aromatic rings. The molecule has 0 nitrogen and oxygen atoms in total. The Balaban J connectivity index is 0.000000315. The lowest BCUT2D eigenvalue weighted by Gasteiger charge is -2.27. The minimum atomic E-state index is -1.08. The molecule has 0 amide bonds. The summed E-state index contributed by atoms with van der Waals surface area (Å²) in [6, 6.07) is 14.2. The number of hydrogen-bond donors (Lipinski definition) is 0. The van der Waals surface area contributed by atoms with E-state index in [1.807, 2.05) is 0 Å². The van der Waals surface area contributed by atoms with Gasteiger partial charge in [-0.15, -0.1) is 0 Å². The van der Waals surface area contributed by atoms with Gasteiger partial charge in [-0.3, -0.25) is 0 Å². The first-order valence-electron chi connectivity index (χ1n) is 22.5. The third-order valence-corrected chi connectivity index (χ3v) is 14.8. The largest absolute Gasteiger partial charge is 0.207 e. The Labute approximate surface area is 353 Å². The van der Waals surface area contributed by atoms with E-state index in [0.29, 0.717) is 45.9 Å². The lowest BCUT2D eigenvalue weighted by Crippen LogP contribution is -2.14. The van der Waals surface area contributed by atoms with Crippen LogP contribution in [-0.4, -0.2) is 0 Å². The summed E-state index contributed by atoms with van der Waals surface area (Å²) in [6.07, 6.45) is 15.4. The molecule has 0 N–H and O–H groups in total. The van der Waals surface area contributed by atoms with Gasteiger partial charge in [0, 0.05) is 22.4 Å². The highest BCUT2D eigenvalue weighted by Crippen LogP contribution is 2.43. The van der Waals surface area contributed by atoms with E-state index in [1.165, 1.54) is 18.2 Å². The van der Waals surface area contributed by atoms with Crippen molar-refractivity contribution in [2.45, 2.75) is 154 Å². The van der Waals surface area contributed by atoms with Gasteiger partial charge in [0.2, 0.25) is 0 Å². The van der Waals surface area contributed by atoms with Crippen LogP contribution < -0.4 is 0 Å². The molecule has 4 fully saturated rings. The fourth-order valence-electron chi connectivity index (χ4n) is 10.6. The van der Waals surface area contributed by atoms with Crippen LogP contribution in [0.4, 0.5) is 30.7 Å². The van der Waals surface area contributed by atoms with Crippen molar-refractivity contribution >= 4 is 0 Å². The molecule has 0 bridgehead atoms. The van der Waals surface area contributed by atoms with Crippen LogP contribution >= 0.6 is 0 Å². The molecular weight excluding hydrogens is 758 g/mol. The Hall–Kier alpha value is -3.61. The van der Waals surface area contributed by atoms with E-state index in [1.54, 1.807) is 36.4 Å². The SMILES string of the molecule is CC1CCC(c2ccc(-c3ccc(C4CCC(C)CC4)c(F)c3F)c(F)c2F)CC1.CC1CCC(c2ccc(-c3ccc(C4CCC(C)CC4)c(F)c3F)cc2F)CC1.[HH].[HH].[HH].[HH]. The normalized spacial score (nSPS) is 27.5. The van der Waals surface area contributed by atoms with E-state index in [2.05, 4.69) is 27.7 Å². The molecule has 59 heavy (non-hydrogen) atoms. The van der Waals surface area contributed by atoms with Crippen molar-refractivity contribution in [1.82, 2.24) is 0 Å². The second-order valence-corrected chi connectivity index (χ2v) is 19.1. The summed E-state index contributed by atoms with van der Waals surface area (Å²) in [6.45, 7) is 8.79. The van der Waals surface area contributed by atoms with Crippen LogP contribution in [0.5, 0.6) is 0 Å². The average molecular weight is 827 g/mol. The number of hydrogen-bond acceptors (Lipinski definition) is 0. The molecule has 4 aliphatic carbocycles. The van der Waals surface area contributed by atoms with Crippen molar-refractivity contribution in [2.24, 2.45) is 23.7 Å². The van der Waals surface area contributed by atoms with Gasteiger partial charge in [-0.25, -0.2) is 30.7 Å². The van der Waals surface area contributed by atoms with E-state index >= 15 is 0 Å². The molecular formula is C52H69F7. The van der Waals surface area contributed by atoms with Gasteiger partial charge < -0.3 is 0 Å². The van der Waals surface area contributed by atoms with Crippen molar-refractivity contribution in [2.75, 3.05) is 0 Å². The third-order valence-electron chi connectivity index (χ3n) is 14.8. The third kappa shape index (κ3) is 9.65. The Morgan fingerprint density at radius 2 is 0.593 bits per heavy atom. The Morgan fingerprint density at radius 1 is 0.322 bits per heavy atom. The van der Waals surface area contributed by atoms with Gasteiger partial charge >= 0.3 is 0 Å². The maximum absolute atomic E-state index is 14.9. The quantitative estimate of drug-likeness (QED) is 0.170. The predicted octanol–water partition coefficient (Wildman–Crippen LogP) is 17.8. The van der Waals surface area contributed by atoms with Gasteiger partial charge in [-0.1, -0.05) is 128 Å².